The first-order valence-corrected chi connectivity index (χ1v) is 5.43. The molecule has 1 amide bonds. The molecule has 0 saturated carbocycles. The lowest BCUT2D eigenvalue weighted by Gasteiger charge is -2.09. The number of rotatable bonds is 4. The first kappa shape index (κ1) is 12.1. The smallest absolute Gasteiger partial charge is 0.252 e. The van der Waals surface area contributed by atoms with Gasteiger partial charge in [-0.2, -0.15) is 0 Å². The fraction of sp³-hybridized carbons (Fsp3) is 0.400. The largest absolute Gasteiger partial charge is 0.396 e. The zero-order valence-electron chi connectivity index (χ0n) is 8.40. The number of pyridine rings is 1. The van der Waals surface area contributed by atoms with Crippen molar-refractivity contribution in [2.24, 2.45) is 5.92 Å². The standard InChI is InChI=1S/C10H13BrN2O2/c1-7(6-14)4-13-10(15)8-2-3-9(11)12-5-8/h2-3,5,7,14H,4,6H2,1H3,(H,13,15). The Morgan fingerprint density at radius 2 is 2.40 bits per heavy atom. The number of aliphatic hydroxyl groups is 1. The van der Waals surface area contributed by atoms with Crippen LogP contribution in [-0.2, 0) is 0 Å². The van der Waals surface area contributed by atoms with Crippen molar-refractivity contribution in [3.8, 4) is 0 Å². The Bertz CT molecular complexity index is 327. The molecule has 0 aromatic carbocycles. The Labute approximate surface area is 96.8 Å². The number of aliphatic hydroxyl groups excluding tert-OH is 1. The van der Waals surface area contributed by atoms with Gasteiger partial charge in [0.2, 0.25) is 0 Å². The van der Waals surface area contributed by atoms with Crippen molar-refractivity contribution in [3.05, 3.63) is 28.5 Å². The van der Waals surface area contributed by atoms with Crippen LogP contribution in [0.4, 0.5) is 0 Å². The third-order valence-electron chi connectivity index (χ3n) is 1.91. The molecule has 15 heavy (non-hydrogen) atoms. The number of amides is 1. The molecule has 0 aliphatic rings. The van der Waals surface area contributed by atoms with Gasteiger partial charge in [0.1, 0.15) is 4.60 Å². The summed E-state index contributed by atoms with van der Waals surface area (Å²) in [4.78, 5) is 15.5. The van der Waals surface area contributed by atoms with Crippen LogP contribution in [0.2, 0.25) is 0 Å². The maximum absolute atomic E-state index is 11.5. The van der Waals surface area contributed by atoms with E-state index in [1.165, 1.54) is 6.20 Å². The summed E-state index contributed by atoms with van der Waals surface area (Å²) in [5.74, 6) is -0.104. The molecule has 1 aromatic heterocycles. The van der Waals surface area contributed by atoms with Crippen molar-refractivity contribution >= 4 is 21.8 Å². The van der Waals surface area contributed by atoms with Gasteiger partial charge in [-0.1, -0.05) is 6.92 Å². The summed E-state index contributed by atoms with van der Waals surface area (Å²) < 4.78 is 0.697. The lowest BCUT2D eigenvalue weighted by Crippen LogP contribution is -2.29. The highest BCUT2D eigenvalue weighted by Crippen LogP contribution is 2.06. The van der Waals surface area contributed by atoms with Crippen LogP contribution < -0.4 is 5.32 Å². The number of halogens is 1. The van der Waals surface area contributed by atoms with E-state index in [1.54, 1.807) is 12.1 Å². The summed E-state index contributed by atoms with van der Waals surface area (Å²) in [6.45, 7) is 2.39. The van der Waals surface area contributed by atoms with E-state index in [0.717, 1.165) is 0 Å². The first-order chi connectivity index (χ1) is 7.13. The SMILES string of the molecule is CC(CO)CNC(=O)c1ccc(Br)nc1. The van der Waals surface area contributed by atoms with Crippen LogP contribution in [0.3, 0.4) is 0 Å². The fourth-order valence-corrected chi connectivity index (χ4v) is 1.18. The van der Waals surface area contributed by atoms with Crippen LogP contribution in [0.5, 0.6) is 0 Å². The van der Waals surface area contributed by atoms with Crippen molar-refractivity contribution in [3.63, 3.8) is 0 Å². The van der Waals surface area contributed by atoms with E-state index >= 15 is 0 Å². The van der Waals surface area contributed by atoms with Crippen molar-refractivity contribution in [2.75, 3.05) is 13.2 Å². The van der Waals surface area contributed by atoms with Crippen molar-refractivity contribution in [1.29, 1.82) is 0 Å². The summed E-state index contributed by atoms with van der Waals surface area (Å²) in [6.07, 6.45) is 1.50. The number of aromatic nitrogens is 1. The molecular weight excluding hydrogens is 260 g/mol. The Hall–Kier alpha value is -0.940. The topological polar surface area (TPSA) is 62.2 Å². The van der Waals surface area contributed by atoms with E-state index in [9.17, 15) is 4.79 Å². The Balaban J connectivity index is 2.50. The molecule has 0 saturated heterocycles. The van der Waals surface area contributed by atoms with Crippen molar-refractivity contribution in [1.82, 2.24) is 10.3 Å². The van der Waals surface area contributed by atoms with E-state index in [1.807, 2.05) is 6.92 Å². The molecule has 0 aliphatic heterocycles. The number of hydrogen-bond acceptors (Lipinski definition) is 3. The normalized spacial score (nSPS) is 12.2. The van der Waals surface area contributed by atoms with E-state index < -0.39 is 0 Å². The molecule has 1 aromatic rings. The monoisotopic (exact) mass is 272 g/mol. The third kappa shape index (κ3) is 3.97. The predicted octanol–water partition coefficient (Wildman–Crippen LogP) is 1.20. The number of carbonyl (C=O) groups excluding carboxylic acids is 1. The Morgan fingerprint density at radius 3 is 2.93 bits per heavy atom. The molecule has 1 heterocycles. The van der Waals surface area contributed by atoms with E-state index in [-0.39, 0.29) is 18.4 Å². The molecule has 1 atom stereocenters. The average molecular weight is 273 g/mol. The highest BCUT2D eigenvalue weighted by atomic mass is 79.9. The van der Waals surface area contributed by atoms with Crippen LogP contribution >= 0.6 is 15.9 Å². The zero-order chi connectivity index (χ0) is 11.3. The molecule has 0 radical (unpaired) electrons. The first-order valence-electron chi connectivity index (χ1n) is 4.64. The minimum Gasteiger partial charge on any atom is -0.396 e. The summed E-state index contributed by atoms with van der Waals surface area (Å²) in [5.41, 5.74) is 0.517. The quantitative estimate of drug-likeness (QED) is 0.810. The Kier molecular flexibility index (Phi) is 4.71. The van der Waals surface area contributed by atoms with Crippen LogP contribution in [-0.4, -0.2) is 29.1 Å². The molecule has 0 aliphatic carbocycles. The number of nitrogens with one attached hydrogen (secondary N) is 1. The van der Waals surface area contributed by atoms with Gasteiger partial charge in [-0.3, -0.25) is 4.79 Å². The zero-order valence-corrected chi connectivity index (χ0v) is 9.99. The van der Waals surface area contributed by atoms with E-state index in [2.05, 4.69) is 26.2 Å². The van der Waals surface area contributed by atoms with Gasteiger partial charge in [-0.15, -0.1) is 0 Å². The Morgan fingerprint density at radius 1 is 1.67 bits per heavy atom. The minimum absolute atomic E-state index is 0.0670. The van der Waals surface area contributed by atoms with Crippen LogP contribution in [0.25, 0.3) is 0 Å². The van der Waals surface area contributed by atoms with Crippen LogP contribution in [0.15, 0.2) is 22.9 Å². The van der Waals surface area contributed by atoms with Crippen molar-refractivity contribution in [2.45, 2.75) is 6.92 Å². The molecule has 0 bridgehead atoms. The van der Waals surface area contributed by atoms with Gasteiger partial charge >= 0.3 is 0 Å². The molecule has 1 unspecified atom stereocenters. The van der Waals surface area contributed by atoms with Gasteiger partial charge < -0.3 is 10.4 Å². The third-order valence-corrected chi connectivity index (χ3v) is 2.38. The van der Waals surface area contributed by atoms with Crippen LogP contribution in [0.1, 0.15) is 17.3 Å². The van der Waals surface area contributed by atoms with Crippen molar-refractivity contribution < 1.29 is 9.90 Å². The molecule has 1 rings (SSSR count). The van der Waals surface area contributed by atoms with Gasteiger partial charge in [-0.25, -0.2) is 4.98 Å². The summed E-state index contributed by atoms with van der Waals surface area (Å²) in [6, 6.07) is 3.40. The number of nitrogens with zero attached hydrogens (tertiary/aromatic N) is 1. The van der Waals surface area contributed by atoms with Gasteiger partial charge in [0.05, 0.1) is 5.56 Å². The highest BCUT2D eigenvalue weighted by molar-refractivity contribution is 9.10. The molecular formula is C10H13BrN2O2. The average Bonchev–Trinajstić information content (AvgIpc) is 2.26. The molecule has 5 heteroatoms. The summed E-state index contributed by atoms with van der Waals surface area (Å²) in [5, 5.41) is 11.5. The fourth-order valence-electron chi connectivity index (χ4n) is 0.944. The van der Waals surface area contributed by atoms with Gasteiger partial charge in [-0.05, 0) is 34.0 Å². The van der Waals surface area contributed by atoms with Gasteiger partial charge in [0, 0.05) is 19.3 Å². The lowest BCUT2D eigenvalue weighted by molar-refractivity contribution is 0.0942. The lowest BCUT2D eigenvalue weighted by atomic mass is 10.2. The molecule has 0 fully saturated rings. The van der Waals surface area contributed by atoms with Gasteiger partial charge in [0.15, 0.2) is 0 Å². The highest BCUT2D eigenvalue weighted by Gasteiger charge is 2.07. The maximum atomic E-state index is 11.5. The van der Waals surface area contributed by atoms with E-state index in [0.29, 0.717) is 16.7 Å². The summed E-state index contributed by atoms with van der Waals surface area (Å²) >= 11 is 3.19. The summed E-state index contributed by atoms with van der Waals surface area (Å²) in [7, 11) is 0. The van der Waals surface area contributed by atoms with Crippen LogP contribution in [0, 0.1) is 5.92 Å². The van der Waals surface area contributed by atoms with Gasteiger partial charge in [0.25, 0.3) is 5.91 Å². The molecule has 0 spiro atoms. The predicted molar refractivity (Wildman–Crippen MR) is 60.5 cm³/mol. The molecule has 4 nitrogen and oxygen atoms in total. The maximum Gasteiger partial charge on any atom is 0.252 e. The number of carbonyl (C=O) groups is 1. The number of hydrogen-bond donors (Lipinski definition) is 2. The second kappa shape index (κ2) is 5.82. The van der Waals surface area contributed by atoms with E-state index in [4.69, 9.17) is 5.11 Å². The molecule has 2 N–H and O–H groups in total. The molecule has 82 valence electrons. The minimum atomic E-state index is -0.171. The second-order valence-electron chi connectivity index (χ2n) is 3.37. The second-order valence-corrected chi connectivity index (χ2v) is 4.18.